The Morgan fingerprint density at radius 2 is 1.72 bits per heavy atom. The van der Waals surface area contributed by atoms with Gasteiger partial charge in [0, 0.05) is 23.1 Å². The molecule has 0 aliphatic carbocycles. The van der Waals surface area contributed by atoms with Crippen LogP contribution in [0.2, 0.25) is 10.0 Å². The highest BCUT2D eigenvalue weighted by atomic mass is 35.5. The maximum Gasteiger partial charge on any atom is 0.266 e. The fourth-order valence-corrected chi connectivity index (χ4v) is 4.34. The zero-order chi connectivity index (χ0) is 21.1. The zero-order valence-corrected chi connectivity index (χ0v) is 18.7. The lowest BCUT2D eigenvalue weighted by Gasteiger charge is -2.23. The minimum absolute atomic E-state index is 0.00287. The Bertz CT molecular complexity index is 1100. The molecule has 0 spiro atoms. The van der Waals surface area contributed by atoms with Gasteiger partial charge in [0.1, 0.15) is 0 Å². The maximum absolute atomic E-state index is 13.3. The minimum Gasteiger partial charge on any atom is -0.342 e. The van der Waals surface area contributed by atoms with E-state index in [0.717, 1.165) is 0 Å². The molecule has 1 heterocycles. The summed E-state index contributed by atoms with van der Waals surface area (Å²) in [7, 11) is 0. The standard InChI is InChI=1S/C21H21Cl2N3O2S/c1-4-25(5-2)19(27)13(3)29-21-24-18-12-15(23)8-11-17(18)20(28)26(21)16-9-6-14(22)7-10-16/h6-13H,4-5H2,1-3H3. The molecular weight excluding hydrogens is 429 g/mol. The van der Waals surface area contributed by atoms with E-state index < -0.39 is 5.25 Å². The molecule has 3 rings (SSSR count). The van der Waals surface area contributed by atoms with Crippen LogP contribution < -0.4 is 5.56 Å². The molecule has 1 amide bonds. The van der Waals surface area contributed by atoms with Crippen LogP contribution >= 0.6 is 35.0 Å². The van der Waals surface area contributed by atoms with E-state index in [-0.39, 0.29) is 11.5 Å². The Hall–Kier alpha value is -2.02. The van der Waals surface area contributed by atoms with Gasteiger partial charge in [-0.05, 0) is 63.2 Å². The summed E-state index contributed by atoms with van der Waals surface area (Å²) in [6.07, 6.45) is 0. The third-order valence-electron chi connectivity index (χ3n) is 4.59. The summed E-state index contributed by atoms with van der Waals surface area (Å²) >= 11 is 13.4. The van der Waals surface area contributed by atoms with Crippen LogP contribution in [0.25, 0.3) is 16.6 Å². The highest BCUT2D eigenvalue weighted by Gasteiger charge is 2.23. The molecule has 0 N–H and O–H groups in total. The first kappa shape index (κ1) is 21.7. The van der Waals surface area contributed by atoms with Crippen LogP contribution in [0.5, 0.6) is 0 Å². The Kier molecular flexibility index (Phi) is 6.88. The molecule has 0 radical (unpaired) electrons. The van der Waals surface area contributed by atoms with Gasteiger partial charge in [0.2, 0.25) is 5.91 Å². The number of carbonyl (C=O) groups excluding carboxylic acids is 1. The molecule has 29 heavy (non-hydrogen) atoms. The second kappa shape index (κ2) is 9.20. The lowest BCUT2D eigenvalue weighted by molar-refractivity contribution is -0.129. The van der Waals surface area contributed by atoms with Crippen molar-refractivity contribution in [1.29, 1.82) is 0 Å². The van der Waals surface area contributed by atoms with Crippen molar-refractivity contribution in [2.75, 3.05) is 13.1 Å². The van der Waals surface area contributed by atoms with E-state index in [1.54, 1.807) is 47.4 Å². The number of carbonyl (C=O) groups is 1. The average molecular weight is 450 g/mol. The van der Waals surface area contributed by atoms with Crippen LogP contribution in [-0.2, 0) is 4.79 Å². The van der Waals surface area contributed by atoms with E-state index in [1.807, 2.05) is 20.8 Å². The summed E-state index contributed by atoms with van der Waals surface area (Å²) in [4.78, 5) is 32.5. The fourth-order valence-electron chi connectivity index (χ4n) is 3.04. The Morgan fingerprint density at radius 3 is 2.34 bits per heavy atom. The van der Waals surface area contributed by atoms with Crippen LogP contribution in [0.3, 0.4) is 0 Å². The summed E-state index contributed by atoms with van der Waals surface area (Å²) in [6.45, 7) is 6.97. The number of amides is 1. The molecule has 3 aromatic rings. The van der Waals surface area contributed by atoms with E-state index in [2.05, 4.69) is 4.98 Å². The summed E-state index contributed by atoms with van der Waals surface area (Å²) in [5.41, 5.74) is 0.908. The van der Waals surface area contributed by atoms with Crippen molar-refractivity contribution in [3.05, 3.63) is 62.9 Å². The van der Waals surface area contributed by atoms with Gasteiger partial charge < -0.3 is 4.90 Å². The van der Waals surface area contributed by atoms with Crippen molar-refractivity contribution in [3.8, 4) is 5.69 Å². The predicted molar refractivity (Wildman–Crippen MR) is 121 cm³/mol. The van der Waals surface area contributed by atoms with Crippen LogP contribution in [0.15, 0.2) is 52.4 Å². The predicted octanol–water partition coefficient (Wildman–Crippen LogP) is 5.04. The summed E-state index contributed by atoms with van der Waals surface area (Å²) in [5, 5.41) is 1.55. The third-order valence-corrected chi connectivity index (χ3v) is 6.12. The van der Waals surface area contributed by atoms with Crippen molar-refractivity contribution >= 4 is 51.8 Å². The second-order valence-corrected chi connectivity index (χ2v) is 8.62. The number of fused-ring (bicyclic) bond motifs is 1. The monoisotopic (exact) mass is 449 g/mol. The van der Waals surface area contributed by atoms with Gasteiger partial charge >= 0.3 is 0 Å². The van der Waals surface area contributed by atoms with Crippen molar-refractivity contribution in [2.45, 2.75) is 31.2 Å². The number of hydrogen-bond donors (Lipinski definition) is 0. The molecule has 0 fully saturated rings. The Morgan fingerprint density at radius 1 is 1.10 bits per heavy atom. The molecule has 0 aliphatic heterocycles. The van der Waals surface area contributed by atoms with Crippen molar-refractivity contribution < 1.29 is 4.79 Å². The van der Waals surface area contributed by atoms with Crippen LogP contribution in [0.1, 0.15) is 20.8 Å². The van der Waals surface area contributed by atoms with Gasteiger partial charge in [-0.15, -0.1) is 0 Å². The molecule has 1 aromatic heterocycles. The van der Waals surface area contributed by atoms with Crippen molar-refractivity contribution in [2.24, 2.45) is 0 Å². The highest BCUT2D eigenvalue weighted by Crippen LogP contribution is 2.27. The van der Waals surface area contributed by atoms with E-state index in [4.69, 9.17) is 23.2 Å². The largest absolute Gasteiger partial charge is 0.342 e. The van der Waals surface area contributed by atoms with Gasteiger partial charge in [-0.2, -0.15) is 0 Å². The van der Waals surface area contributed by atoms with E-state index in [1.165, 1.54) is 16.3 Å². The maximum atomic E-state index is 13.3. The molecule has 1 atom stereocenters. The summed E-state index contributed by atoms with van der Waals surface area (Å²) < 4.78 is 1.52. The molecule has 8 heteroatoms. The number of thioether (sulfide) groups is 1. The Balaban J connectivity index is 2.15. The van der Waals surface area contributed by atoms with Gasteiger partial charge in [0.25, 0.3) is 5.56 Å². The third kappa shape index (κ3) is 4.60. The van der Waals surface area contributed by atoms with Crippen molar-refractivity contribution in [1.82, 2.24) is 14.5 Å². The van der Waals surface area contributed by atoms with Gasteiger partial charge in [0.05, 0.1) is 21.8 Å². The second-order valence-electron chi connectivity index (χ2n) is 6.44. The first-order valence-corrected chi connectivity index (χ1v) is 10.9. The molecule has 2 aromatic carbocycles. The number of nitrogens with zero attached hydrogens (tertiary/aromatic N) is 3. The van der Waals surface area contributed by atoms with E-state index >= 15 is 0 Å². The topological polar surface area (TPSA) is 55.2 Å². The summed E-state index contributed by atoms with van der Waals surface area (Å²) in [5.74, 6) is 0.00287. The molecule has 1 unspecified atom stereocenters. The van der Waals surface area contributed by atoms with E-state index in [9.17, 15) is 9.59 Å². The van der Waals surface area contributed by atoms with Crippen molar-refractivity contribution in [3.63, 3.8) is 0 Å². The number of halogens is 2. The van der Waals surface area contributed by atoms with Gasteiger partial charge in [-0.1, -0.05) is 35.0 Å². The smallest absolute Gasteiger partial charge is 0.266 e. The van der Waals surface area contributed by atoms with E-state index in [0.29, 0.717) is 44.9 Å². The number of aromatic nitrogens is 2. The van der Waals surface area contributed by atoms with Gasteiger partial charge in [-0.3, -0.25) is 14.2 Å². The molecule has 0 saturated heterocycles. The normalized spacial score (nSPS) is 12.2. The van der Waals surface area contributed by atoms with Gasteiger partial charge in [0.15, 0.2) is 5.16 Å². The number of hydrogen-bond acceptors (Lipinski definition) is 4. The van der Waals surface area contributed by atoms with Gasteiger partial charge in [-0.25, -0.2) is 4.98 Å². The number of benzene rings is 2. The molecule has 0 aliphatic rings. The molecule has 0 saturated carbocycles. The van der Waals surface area contributed by atoms with Crippen LogP contribution in [0.4, 0.5) is 0 Å². The zero-order valence-electron chi connectivity index (χ0n) is 16.4. The first-order chi connectivity index (χ1) is 13.8. The highest BCUT2D eigenvalue weighted by molar-refractivity contribution is 8.00. The van der Waals surface area contributed by atoms with Crippen LogP contribution in [-0.4, -0.2) is 38.7 Å². The SMILES string of the molecule is CCN(CC)C(=O)C(C)Sc1nc2cc(Cl)ccc2c(=O)n1-c1ccc(Cl)cc1. The minimum atomic E-state index is -0.406. The molecule has 0 bridgehead atoms. The first-order valence-electron chi connectivity index (χ1n) is 9.29. The quantitative estimate of drug-likeness (QED) is 0.390. The molecule has 5 nitrogen and oxygen atoms in total. The lowest BCUT2D eigenvalue weighted by Crippen LogP contribution is -2.36. The Labute approximate surface area is 183 Å². The molecule has 152 valence electrons. The summed E-state index contributed by atoms with van der Waals surface area (Å²) in [6, 6.07) is 11.9. The average Bonchev–Trinajstić information content (AvgIpc) is 2.69. The number of rotatable bonds is 6. The lowest BCUT2D eigenvalue weighted by atomic mass is 10.2. The molecular formula is C21H21Cl2N3O2S. The van der Waals surface area contributed by atoms with Crippen LogP contribution in [0, 0.1) is 0 Å². The fraction of sp³-hybridized carbons (Fsp3) is 0.286.